The van der Waals surface area contributed by atoms with E-state index in [2.05, 4.69) is 24.8 Å². The van der Waals surface area contributed by atoms with E-state index in [1.807, 2.05) is 18.2 Å². The van der Waals surface area contributed by atoms with Gasteiger partial charge >= 0.3 is 0 Å². The fourth-order valence-corrected chi connectivity index (χ4v) is 2.70. The van der Waals surface area contributed by atoms with Gasteiger partial charge in [-0.05, 0) is 36.0 Å². The second-order valence-electron chi connectivity index (χ2n) is 5.86. The van der Waals surface area contributed by atoms with Gasteiger partial charge in [0, 0.05) is 19.6 Å². The molecule has 0 amide bonds. The number of nitrogens with zero attached hydrogens (tertiary/aromatic N) is 2. The van der Waals surface area contributed by atoms with Crippen molar-refractivity contribution in [3.8, 4) is 6.07 Å². The van der Waals surface area contributed by atoms with E-state index in [0.717, 1.165) is 29.9 Å². The molecule has 0 spiro atoms. The van der Waals surface area contributed by atoms with Crippen molar-refractivity contribution in [1.29, 1.82) is 5.26 Å². The van der Waals surface area contributed by atoms with Crippen LogP contribution in [-0.2, 0) is 6.54 Å². The van der Waals surface area contributed by atoms with E-state index in [0.29, 0.717) is 12.0 Å². The summed E-state index contributed by atoms with van der Waals surface area (Å²) in [5.41, 5.74) is 8.78. The molecular weight excluding hydrogens is 222 g/mol. The van der Waals surface area contributed by atoms with Gasteiger partial charge in [-0.15, -0.1) is 0 Å². The quantitative estimate of drug-likeness (QED) is 0.868. The Morgan fingerprint density at radius 1 is 1.44 bits per heavy atom. The first-order valence-corrected chi connectivity index (χ1v) is 6.54. The van der Waals surface area contributed by atoms with Crippen LogP contribution in [0.15, 0.2) is 18.2 Å². The van der Waals surface area contributed by atoms with Crippen molar-refractivity contribution in [1.82, 2.24) is 0 Å². The number of hydrogen-bond acceptors (Lipinski definition) is 3. The van der Waals surface area contributed by atoms with Crippen LogP contribution in [0.1, 0.15) is 37.8 Å². The highest BCUT2D eigenvalue weighted by Gasteiger charge is 2.27. The van der Waals surface area contributed by atoms with Crippen molar-refractivity contribution in [3.05, 3.63) is 29.3 Å². The van der Waals surface area contributed by atoms with Crippen molar-refractivity contribution in [3.63, 3.8) is 0 Å². The van der Waals surface area contributed by atoms with Crippen molar-refractivity contribution < 1.29 is 0 Å². The summed E-state index contributed by atoms with van der Waals surface area (Å²) in [5, 5.41) is 9.28. The second kappa shape index (κ2) is 4.99. The molecule has 1 heterocycles. The van der Waals surface area contributed by atoms with Gasteiger partial charge in [0.25, 0.3) is 0 Å². The van der Waals surface area contributed by atoms with Crippen LogP contribution in [0.2, 0.25) is 0 Å². The largest absolute Gasteiger partial charge is 0.370 e. The van der Waals surface area contributed by atoms with Gasteiger partial charge in [-0.3, -0.25) is 0 Å². The molecule has 1 aromatic rings. The summed E-state index contributed by atoms with van der Waals surface area (Å²) < 4.78 is 0. The first-order valence-electron chi connectivity index (χ1n) is 6.54. The lowest BCUT2D eigenvalue weighted by molar-refractivity contribution is 0.293. The first-order chi connectivity index (χ1) is 8.55. The van der Waals surface area contributed by atoms with E-state index in [9.17, 15) is 5.26 Å². The van der Waals surface area contributed by atoms with Gasteiger partial charge in [0.15, 0.2) is 0 Å². The maximum Gasteiger partial charge on any atom is 0.101 e. The van der Waals surface area contributed by atoms with Crippen LogP contribution in [0.5, 0.6) is 0 Å². The summed E-state index contributed by atoms with van der Waals surface area (Å²) >= 11 is 0. The van der Waals surface area contributed by atoms with Gasteiger partial charge in [0.05, 0.1) is 11.3 Å². The molecule has 18 heavy (non-hydrogen) atoms. The van der Waals surface area contributed by atoms with E-state index in [1.54, 1.807) is 0 Å². The van der Waals surface area contributed by atoms with Gasteiger partial charge < -0.3 is 10.6 Å². The molecule has 3 heteroatoms. The average Bonchev–Trinajstić information content (AvgIpc) is 2.36. The number of nitriles is 1. The zero-order valence-corrected chi connectivity index (χ0v) is 11.2. The lowest BCUT2D eigenvalue weighted by atomic mass is 9.84. The monoisotopic (exact) mass is 243 g/mol. The molecule has 1 aromatic carbocycles. The molecule has 1 fully saturated rings. The third-order valence-electron chi connectivity index (χ3n) is 3.66. The number of anilines is 1. The molecule has 2 rings (SSSR count). The van der Waals surface area contributed by atoms with Crippen LogP contribution < -0.4 is 10.6 Å². The van der Waals surface area contributed by atoms with Crippen LogP contribution in [0.4, 0.5) is 5.69 Å². The zero-order chi connectivity index (χ0) is 13.2. The minimum atomic E-state index is 0.331. The van der Waals surface area contributed by atoms with E-state index < -0.39 is 0 Å². The van der Waals surface area contributed by atoms with Crippen LogP contribution in [0, 0.1) is 16.7 Å². The summed E-state index contributed by atoms with van der Waals surface area (Å²) in [7, 11) is 0. The molecule has 96 valence electrons. The maximum atomic E-state index is 9.28. The molecule has 0 saturated carbocycles. The Morgan fingerprint density at radius 3 is 2.83 bits per heavy atom. The number of rotatable bonds is 2. The summed E-state index contributed by atoms with van der Waals surface area (Å²) in [4.78, 5) is 2.34. The highest BCUT2D eigenvalue weighted by atomic mass is 15.1. The van der Waals surface area contributed by atoms with Crippen LogP contribution in [-0.4, -0.2) is 13.1 Å². The molecule has 1 saturated heterocycles. The maximum absolute atomic E-state index is 9.28. The van der Waals surface area contributed by atoms with Crippen LogP contribution >= 0.6 is 0 Å². The average molecular weight is 243 g/mol. The van der Waals surface area contributed by atoms with E-state index in [4.69, 9.17) is 5.73 Å². The molecule has 0 bridgehead atoms. The SMILES string of the molecule is CC1(C)CCCN(c2ccc(CN)cc2C#N)C1. The van der Waals surface area contributed by atoms with E-state index in [1.165, 1.54) is 12.8 Å². The molecule has 1 aliphatic heterocycles. The lowest BCUT2D eigenvalue weighted by Crippen LogP contribution is -2.40. The summed E-state index contributed by atoms with van der Waals surface area (Å²) in [6, 6.07) is 8.28. The Bertz CT molecular complexity index is 471. The Kier molecular flexibility index (Phi) is 3.58. The zero-order valence-electron chi connectivity index (χ0n) is 11.2. The van der Waals surface area contributed by atoms with Crippen molar-refractivity contribution in [2.24, 2.45) is 11.1 Å². The highest BCUT2D eigenvalue weighted by molar-refractivity contribution is 5.60. The van der Waals surface area contributed by atoms with Gasteiger partial charge in [-0.1, -0.05) is 19.9 Å². The predicted molar refractivity (Wildman–Crippen MR) is 74.3 cm³/mol. The second-order valence-corrected chi connectivity index (χ2v) is 5.86. The van der Waals surface area contributed by atoms with E-state index >= 15 is 0 Å². The summed E-state index contributed by atoms with van der Waals surface area (Å²) in [5.74, 6) is 0. The molecular formula is C15H21N3. The summed E-state index contributed by atoms with van der Waals surface area (Å²) in [6.45, 7) is 7.13. The number of nitrogens with two attached hydrogens (primary N) is 1. The van der Waals surface area contributed by atoms with E-state index in [-0.39, 0.29) is 0 Å². The molecule has 0 radical (unpaired) electrons. The van der Waals surface area contributed by atoms with Crippen molar-refractivity contribution in [2.45, 2.75) is 33.2 Å². The third kappa shape index (κ3) is 2.65. The van der Waals surface area contributed by atoms with Crippen molar-refractivity contribution in [2.75, 3.05) is 18.0 Å². The first kappa shape index (κ1) is 12.9. The van der Waals surface area contributed by atoms with Gasteiger partial charge in [0.2, 0.25) is 0 Å². The molecule has 3 nitrogen and oxygen atoms in total. The van der Waals surface area contributed by atoms with Gasteiger partial charge in [-0.2, -0.15) is 5.26 Å². The number of benzene rings is 1. The fourth-order valence-electron chi connectivity index (χ4n) is 2.70. The van der Waals surface area contributed by atoms with Gasteiger partial charge in [0.1, 0.15) is 6.07 Å². The molecule has 0 aromatic heterocycles. The molecule has 0 unspecified atom stereocenters. The van der Waals surface area contributed by atoms with Crippen LogP contribution in [0.3, 0.4) is 0 Å². The minimum Gasteiger partial charge on any atom is -0.370 e. The number of piperidine rings is 1. The van der Waals surface area contributed by atoms with Crippen LogP contribution in [0.25, 0.3) is 0 Å². The third-order valence-corrected chi connectivity index (χ3v) is 3.66. The Hall–Kier alpha value is -1.53. The minimum absolute atomic E-state index is 0.331. The standard InChI is InChI=1S/C15H21N3/c1-15(2)6-3-7-18(11-15)14-5-4-12(9-16)8-13(14)10-17/h4-5,8H,3,6-7,9,11,16H2,1-2H3. The smallest absolute Gasteiger partial charge is 0.101 e. The van der Waals surface area contributed by atoms with Gasteiger partial charge in [-0.25, -0.2) is 0 Å². The summed E-state index contributed by atoms with van der Waals surface area (Å²) in [6.07, 6.45) is 2.45. The molecule has 2 N–H and O–H groups in total. The van der Waals surface area contributed by atoms with Crippen molar-refractivity contribution >= 4 is 5.69 Å². The lowest BCUT2D eigenvalue weighted by Gasteiger charge is -2.39. The highest BCUT2D eigenvalue weighted by Crippen LogP contribution is 2.33. The molecule has 1 aliphatic rings. The topological polar surface area (TPSA) is 53.0 Å². The Labute approximate surface area is 109 Å². The Morgan fingerprint density at radius 2 is 2.22 bits per heavy atom. The molecule has 0 atom stereocenters. The Balaban J connectivity index is 2.30. The predicted octanol–water partition coefficient (Wildman–Crippen LogP) is 2.64. The number of hydrogen-bond donors (Lipinski definition) is 1. The molecule has 0 aliphatic carbocycles. The fraction of sp³-hybridized carbons (Fsp3) is 0.533. The normalized spacial score (nSPS) is 18.4.